The summed E-state index contributed by atoms with van der Waals surface area (Å²) in [5, 5.41) is 15.5. The highest BCUT2D eigenvalue weighted by Gasteiger charge is 2.22. The van der Waals surface area contributed by atoms with Crippen molar-refractivity contribution < 1.29 is 28.0 Å². The number of carbonyl (C=O) groups excluding carboxylic acids is 1. The number of rotatable bonds is 7. The molecule has 2 heterocycles. The fourth-order valence-electron chi connectivity index (χ4n) is 3.89. The number of carboxylic acids is 1. The number of hydrogen-bond acceptors (Lipinski definition) is 5. The van der Waals surface area contributed by atoms with Crippen LogP contribution in [-0.4, -0.2) is 46.7 Å². The molecule has 4 rings (SSSR count). The van der Waals surface area contributed by atoms with Gasteiger partial charge in [0.2, 0.25) is 0 Å². The summed E-state index contributed by atoms with van der Waals surface area (Å²) in [5.74, 6) is -2.45. The van der Waals surface area contributed by atoms with Crippen LogP contribution in [-0.2, 0) is 6.54 Å². The molecule has 34 heavy (non-hydrogen) atoms. The van der Waals surface area contributed by atoms with Crippen LogP contribution in [0.25, 0.3) is 11.3 Å². The van der Waals surface area contributed by atoms with E-state index >= 15 is 0 Å². The number of halogens is 3. The van der Waals surface area contributed by atoms with Crippen molar-refractivity contribution in [3.05, 3.63) is 77.0 Å². The highest BCUT2D eigenvalue weighted by Crippen LogP contribution is 2.24. The third-order valence-electron chi connectivity index (χ3n) is 5.80. The average Bonchev–Trinajstić information content (AvgIpc) is 3.29. The summed E-state index contributed by atoms with van der Waals surface area (Å²) >= 11 is 0. The van der Waals surface area contributed by atoms with E-state index in [0.717, 1.165) is 50.2 Å². The van der Waals surface area contributed by atoms with Crippen LogP contribution in [0.15, 0.2) is 53.1 Å². The molecule has 1 aromatic heterocycles. The van der Waals surface area contributed by atoms with E-state index < -0.39 is 23.5 Å². The summed E-state index contributed by atoms with van der Waals surface area (Å²) in [6.07, 6.45) is 1.83. The largest absolute Gasteiger partial charge is 0.478 e. The maximum Gasteiger partial charge on any atom is 0.335 e. The van der Waals surface area contributed by atoms with Crippen LogP contribution in [0.5, 0.6) is 0 Å². The predicted octanol–water partition coefficient (Wildman–Crippen LogP) is 4.38. The minimum absolute atomic E-state index is 0. The second kappa shape index (κ2) is 11.2. The number of benzene rings is 2. The van der Waals surface area contributed by atoms with Crippen molar-refractivity contribution in [1.29, 1.82) is 0 Å². The van der Waals surface area contributed by atoms with Crippen LogP contribution >= 0.6 is 12.4 Å². The Hall–Kier alpha value is -3.30. The van der Waals surface area contributed by atoms with Gasteiger partial charge in [-0.05, 0) is 61.7 Å². The van der Waals surface area contributed by atoms with Crippen molar-refractivity contribution in [2.45, 2.75) is 19.4 Å². The van der Waals surface area contributed by atoms with Crippen LogP contribution in [0, 0.1) is 17.6 Å². The first-order chi connectivity index (χ1) is 15.9. The summed E-state index contributed by atoms with van der Waals surface area (Å²) in [6, 6.07) is 11.3. The van der Waals surface area contributed by atoms with E-state index in [4.69, 9.17) is 9.63 Å². The third-order valence-corrected chi connectivity index (χ3v) is 5.80. The molecule has 0 radical (unpaired) electrons. The van der Waals surface area contributed by atoms with Gasteiger partial charge >= 0.3 is 5.97 Å². The van der Waals surface area contributed by atoms with E-state index in [1.54, 1.807) is 12.1 Å². The van der Waals surface area contributed by atoms with Crippen LogP contribution in [0.4, 0.5) is 8.78 Å². The summed E-state index contributed by atoms with van der Waals surface area (Å²) in [6.45, 7) is 2.99. The minimum atomic E-state index is -0.936. The molecular weight excluding hydrogens is 468 g/mol. The second-order valence-corrected chi connectivity index (χ2v) is 8.13. The fourth-order valence-corrected chi connectivity index (χ4v) is 3.89. The number of aromatic nitrogens is 1. The lowest BCUT2D eigenvalue weighted by atomic mass is 9.96. The summed E-state index contributed by atoms with van der Waals surface area (Å²) in [5.41, 5.74) is 1.41. The number of amides is 1. The summed E-state index contributed by atoms with van der Waals surface area (Å²) < 4.78 is 32.0. The van der Waals surface area contributed by atoms with Gasteiger partial charge in [-0.3, -0.25) is 9.69 Å². The van der Waals surface area contributed by atoms with Gasteiger partial charge in [0.05, 0.1) is 11.1 Å². The normalized spacial score (nSPS) is 14.4. The molecule has 1 fully saturated rings. The molecule has 1 aliphatic rings. The molecule has 0 spiro atoms. The third kappa shape index (κ3) is 6.18. The molecule has 3 aromatic rings. The number of carboxylic acid groups (broad SMARTS) is 1. The molecule has 0 atom stereocenters. The number of carbonyl (C=O) groups is 2. The maximum atomic E-state index is 13.9. The van der Waals surface area contributed by atoms with Gasteiger partial charge in [-0.15, -0.1) is 12.4 Å². The van der Waals surface area contributed by atoms with Crippen LogP contribution in [0.3, 0.4) is 0 Å². The van der Waals surface area contributed by atoms with E-state index in [2.05, 4.69) is 15.4 Å². The molecule has 7 nitrogen and oxygen atoms in total. The van der Waals surface area contributed by atoms with Crippen molar-refractivity contribution in [2.75, 3.05) is 19.6 Å². The number of hydrogen-bond donors (Lipinski definition) is 2. The van der Waals surface area contributed by atoms with Gasteiger partial charge in [0.15, 0.2) is 11.5 Å². The molecule has 0 aliphatic carbocycles. The van der Waals surface area contributed by atoms with Crippen molar-refractivity contribution in [3.63, 3.8) is 0 Å². The first-order valence-corrected chi connectivity index (χ1v) is 10.6. The maximum absolute atomic E-state index is 13.9. The van der Waals surface area contributed by atoms with Crippen molar-refractivity contribution in [1.82, 2.24) is 15.4 Å². The molecule has 0 saturated carbocycles. The van der Waals surface area contributed by atoms with Crippen molar-refractivity contribution in [2.24, 2.45) is 5.92 Å². The molecular formula is C24H24ClF2N3O4. The summed E-state index contributed by atoms with van der Waals surface area (Å²) in [7, 11) is 0. The van der Waals surface area contributed by atoms with Gasteiger partial charge in [0, 0.05) is 25.2 Å². The molecule has 1 saturated heterocycles. The molecule has 2 aromatic carbocycles. The Morgan fingerprint density at radius 2 is 1.79 bits per heavy atom. The van der Waals surface area contributed by atoms with E-state index in [1.807, 2.05) is 12.1 Å². The van der Waals surface area contributed by atoms with Crippen LogP contribution in [0.1, 0.15) is 39.3 Å². The number of nitrogens with one attached hydrogen (secondary N) is 1. The molecule has 180 valence electrons. The number of likely N-dealkylation sites (tertiary alicyclic amines) is 1. The van der Waals surface area contributed by atoms with E-state index in [9.17, 15) is 18.4 Å². The minimum Gasteiger partial charge on any atom is -0.478 e. The van der Waals surface area contributed by atoms with Crippen LogP contribution < -0.4 is 5.32 Å². The molecule has 1 aliphatic heterocycles. The number of nitrogens with zero attached hydrogens (tertiary/aromatic N) is 2. The zero-order valence-corrected chi connectivity index (χ0v) is 19.0. The Morgan fingerprint density at radius 1 is 1.09 bits per heavy atom. The lowest BCUT2D eigenvalue weighted by molar-refractivity contribution is 0.0696. The molecule has 10 heteroatoms. The standard InChI is InChI=1S/C24H23F2N3O4.ClH/c25-18-5-6-19(20(26)11-18)22-12-21(28-33-22)23(30)27-13-15-7-9-29(10-8-15)14-16-1-3-17(4-2-16)24(31)32;/h1-6,11-12,15H,7-10,13-14H2,(H,27,30)(H,31,32);1H. The first kappa shape index (κ1) is 25.3. The monoisotopic (exact) mass is 491 g/mol. The van der Waals surface area contributed by atoms with E-state index in [1.165, 1.54) is 12.1 Å². The Morgan fingerprint density at radius 3 is 2.44 bits per heavy atom. The molecule has 2 N–H and O–H groups in total. The quantitative estimate of drug-likeness (QED) is 0.509. The highest BCUT2D eigenvalue weighted by atomic mass is 35.5. The number of aromatic carboxylic acids is 1. The molecule has 1 amide bonds. The van der Waals surface area contributed by atoms with Crippen LogP contribution in [0.2, 0.25) is 0 Å². The van der Waals surface area contributed by atoms with Crippen molar-refractivity contribution in [3.8, 4) is 11.3 Å². The van der Waals surface area contributed by atoms with Gasteiger partial charge in [-0.25, -0.2) is 13.6 Å². The Labute approximate surface area is 201 Å². The van der Waals surface area contributed by atoms with E-state index in [0.29, 0.717) is 12.5 Å². The van der Waals surface area contributed by atoms with Gasteiger partial charge in [0.25, 0.3) is 5.91 Å². The Bertz CT molecular complexity index is 1150. The first-order valence-electron chi connectivity index (χ1n) is 10.6. The lowest BCUT2D eigenvalue weighted by Gasteiger charge is -2.32. The van der Waals surface area contributed by atoms with Gasteiger partial charge < -0.3 is 14.9 Å². The van der Waals surface area contributed by atoms with Gasteiger partial charge in [0.1, 0.15) is 11.6 Å². The molecule has 0 bridgehead atoms. The zero-order valence-electron chi connectivity index (χ0n) is 18.2. The predicted molar refractivity (Wildman–Crippen MR) is 123 cm³/mol. The van der Waals surface area contributed by atoms with Gasteiger partial charge in [-0.1, -0.05) is 17.3 Å². The van der Waals surface area contributed by atoms with Crippen molar-refractivity contribution >= 4 is 24.3 Å². The highest BCUT2D eigenvalue weighted by molar-refractivity contribution is 5.93. The average molecular weight is 492 g/mol. The number of piperidine rings is 1. The van der Waals surface area contributed by atoms with E-state index in [-0.39, 0.29) is 35.0 Å². The second-order valence-electron chi connectivity index (χ2n) is 8.13. The fraction of sp³-hybridized carbons (Fsp3) is 0.292. The zero-order chi connectivity index (χ0) is 23.4. The Balaban J connectivity index is 0.00000324. The molecule has 0 unspecified atom stereocenters. The summed E-state index contributed by atoms with van der Waals surface area (Å²) in [4.78, 5) is 25.7. The Kier molecular flexibility index (Phi) is 8.36. The smallest absolute Gasteiger partial charge is 0.335 e. The topological polar surface area (TPSA) is 95.7 Å². The SMILES string of the molecule is Cl.O=C(O)c1ccc(CN2CCC(CNC(=O)c3cc(-c4ccc(F)cc4F)on3)CC2)cc1. The van der Waals surface area contributed by atoms with Gasteiger partial charge in [-0.2, -0.15) is 0 Å². The lowest BCUT2D eigenvalue weighted by Crippen LogP contribution is -2.38.